The number of nitrogens with zero attached hydrogens (tertiary/aromatic N) is 2. The lowest BCUT2D eigenvalue weighted by molar-refractivity contribution is -0.178. The van der Waals surface area contributed by atoms with Crippen molar-refractivity contribution in [2.75, 3.05) is 7.11 Å². The van der Waals surface area contributed by atoms with Crippen LogP contribution < -0.4 is 0 Å². The summed E-state index contributed by atoms with van der Waals surface area (Å²) in [4.78, 5) is 47.8. The number of hydrogen-bond acceptors (Lipinski definition) is 5. The first-order chi connectivity index (χ1) is 8.06. The lowest BCUT2D eigenvalue weighted by Crippen LogP contribution is -2.53. The maximum absolute atomic E-state index is 11.5. The molecule has 2 rings (SSSR count). The summed E-state index contributed by atoms with van der Waals surface area (Å²) in [6.45, 7) is 0. The first kappa shape index (κ1) is 11.7. The van der Waals surface area contributed by atoms with Gasteiger partial charge >= 0.3 is 0 Å². The molecule has 0 unspecified atom stereocenters. The number of ether oxygens (including phenoxy) is 1. The van der Waals surface area contributed by atoms with Gasteiger partial charge in [-0.15, -0.1) is 0 Å². The third kappa shape index (κ3) is 1.82. The van der Waals surface area contributed by atoms with Gasteiger partial charge in [0.15, 0.2) is 0 Å². The van der Waals surface area contributed by atoms with E-state index >= 15 is 0 Å². The third-order valence-corrected chi connectivity index (χ3v) is 2.83. The summed E-state index contributed by atoms with van der Waals surface area (Å²) >= 11 is 0. The second-order valence-electron chi connectivity index (χ2n) is 3.88. The monoisotopic (exact) mass is 240 g/mol. The normalized spacial score (nSPS) is 21.3. The Morgan fingerprint density at radius 1 is 0.824 bits per heavy atom. The van der Waals surface area contributed by atoms with Crippen LogP contribution >= 0.6 is 0 Å². The number of amides is 4. The molecule has 0 atom stereocenters. The molecule has 2 saturated heterocycles. The van der Waals surface area contributed by atoms with Gasteiger partial charge in [0.25, 0.3) is 0 Å². The summed E-state index contributed by atoms with van der Waals surface area (Å²) in [6.07, 6.45) is -0.854. The summed E-state index contributed by atoms with van der Waals surface area (Å²) in [5.74, 6) is -1.69. The minimum Gasteiger partial charge on any atom is -0.343 e. The highest BCUT2D eigenvalue weighted by atomic mass is 16.5. The summed E-state index contributed by atoms with van der Waals surface area (Å²) in [7, 11) is 1.25. The van der Waals surface area contributed by atoms with Gasteiger partial charge in [-0.3, -0.25) is 19.2 Å². The average molecular weight is 240 g/mol. The van der Waals surface area contributed by atoms with E-state index in [0.717, 1.165) is 9.80 Å². The maximum atomic E-state index is 11.5. The quantitative estimate of drug-likeness (QED) is 0.604. The van der Waals surface area contributed by atoms with Gasteiger partial charge in [-0.25, -0.2) is 9.80 Å². The van der Waals surface area contributed by atoms with Crippen LogP contribution in [0, 0.1) is 0 Å². The van der Waals surface area contributed by atoms with Gasteiger partial charge < -0.3 is 4.74 Å². The fourth-order valence-corrected chi connectivity index (χ4v) is 2.01. The zero-order valence-corrected chi connectivity index (χ0v) is 9.34. The lowest BCUT2D eigenvalue weighted by Gasteiger charge is -2.30. The van der Waals surface area contributed by atoms with Crippen LogP contribution in [0.15, 0.2) is 0 Å². The molecular formula is C10H12N2O5. The van der Waals surface area contributed by atoms with Crippen LogP contribution in [0.4, 0.5) is 0 Å². The minimum atomic E-state index is -1.22. The zero-order chi connectivity index (χ0) is 12.6. The highest BCUT2D eigenvalue weighted by Crippen LogP contribution is 2.23. The van der Waals surface area contributed by atoms with Crippen LogP contribution in [-0.2, 0) is 23.9 Å². The SMILES string of the molecule is COC(N1C(=O)CCC1=O)N1C(=O)CCC1=O. The predicted octanol–water partition coefficient (Wildman–Crippen LogP) is -0.786. The van der Waals surface area contributed by atoms with E-state index in [4.69, 9.17) is 4.74 Å². The Balaban J connectivity index is 2.27. The van der Waals surface area contributed by atoms with Gasteiger partial charge in [0.05, 0.1) is 0 Å². The van der Waals surface area contributed by atoms with Crippen LogP contribution in [0.25, 0.3) is 0 Å². The van der Waals surface area contributed by atoms with Crippen LogP contribution in [0.1, 0.15) is 25.7 Å². The minimum absolute atomic E-state index is 0.0922. The van der Waals surface area contributed by atoms with E-state index in [1.165, 1.54) is 7.11 Å². The van der Waals surface area contributed by atoms with Crippen molar-refractivity contribution in [2.45, 2.75) is 32.0 Å². The Bertz CT molecular complexity index is 338. The summed E-state index contributed by atoms with van der Waals surface area (Å²) < 4.78 is 4.97. The van der Waals surface area contributed by atoms with Crippen molar-refractivity contribution >= 4 is 23.6 Å². The van der Waals surface area contributed by atoms with Crippen molar-refractivity contribution in [3.05, 3.63) is 0 Å². The molecule has 2 fully saturated rings. The largest absolute Gasteiger partial charge is 0.343 e. The van der Waals surface area contributed by atoms with E-state index < -0.39 is 30.0 Å². The van der Waals surface area contributed by atoms with Crippen molar-refractivity contribution in [1.82, 2.24) is 9.80 Å². The summed E-state index contributed by atoms with van der Waals surface area (Å²) in [5.41, 5.74) is 0. The Morgan fingerprint density at radius 3 is 1.35 bits per heavy atom. The van der Waals surface area contributed by atoms with E-state index in [1.807, 2.05) is 0 Å². The molecule has 0 aromatic rings. The van der Waals surface area contributed by atoms with Crippen molar-refractivity contribution in [3.63, 3.8) is 0 Å². The second-order valence-corrected chi connectivity index (χ2v) is 3.88. The maximum Gasteiger partial charge on any atom is 0.233 e. The topological polar surface area (TPSA) is 84.0 Å². The number of imide groups is 2. The first-order valence-electron chi connectivity index (χ1n) is 5.29. The smallest absolute Gasteiger partial charge is 0.233 e. The molecule has 2 aliphatic rings. The highest BCUT2D eigenvalue weighted by Gasteiger charge is 2.44. The molecule has 0 bridgehead atoms. The summed E-state index contributed by atoms with van der Waals surface area (Å²) in [5, 5.41) is 0. The molecule has 0 N–H and O–H groups in total. The van der Waals surface area contributed by atoms with Gasteiger partial charge in [0, 0.05) is 32.8 Å². The molecule has 7 heteroatoms. The van der Waals surface area contributed by atoms with Gasteiger partial charge in [-0.05, 0) is 0 Å². The van der Waals surface area contributed by atoms with Gasteiger partial charge in [0.1, 0.15) is 0 Å². The van der Waals surface area contributed by atoms with Crippen LogP contribution in [0.3, 0.4) is 0 Å². The number of carbonyl (C=O) groups excluding carboxylic acids is 4. The fraction of sp³-hybridized carbons (Fsp3) is 0.600. The van der Waals surface area contributed by atoms with Crippen molar-refractivity contribution in [2.24, 2.45) is 0 Å². The van der Waals surface area contributed by atoms with Crippen LogP contribution in [0.2, 0.25) is 0 Å². The van der Waals surface area contributed by atoms with Crippen LogP contribution in [0.5, 0.6) is 0 Å². The van der Waals surface area contributed by atoms with Crippen LogP contribution in [-0.4, -0.2) is 46.9 Å². The third-order valence-electron chi connectivity index (χ3n) is 2.83. The number of likely N-dealkylation sites (tertiary alicyclic amines) is 2. The molecule has 0 spiro atoms. The molecule has 4 amide bonds. The molecule has 0 aromatic carbocycles. The van der Waals surface area contributed by atoms with E-state index in [0.29, 0.717) is 0 Å². The van der Waals surface area contributed by atoms with E-state index in [9.17, 15) is 19.2 Å². The number of methoxy groups -OCH3 is 1. The highest BCUT2D eigenvalue weighted by molar-refractivity contribution is 6.05. The van der Waals surface area contributed by atoms with E-state index in [2.05, 4.69) is 0 Å². The molecule has 7 nitrogen and oxygen atoms in total. The van der Waals surface area contributed by atoms with Gasteiger partial charge in [-0.1, -0.05) is 0 Å². The van der Waals surface area contributed by atoms with Crippen molar-refractivity contribution in [3.8, 4) is 0 Å². The molecular weight excluding hydrogens is 228 g/mol. The van der Waals surface area contributed by atoms with Crippen molar-refractivity contribution in [1.29, 1.82) is 0 Å². The molecule has 0 saturated carbocycles. The molecule has 0 radical (unpaired) electrons. The Kier molecular flexibility index (Phi) is 2.93. The molecule has 0 aliphatic carbocycles. The number of carbonyl (C=O) groups is 4. The zero-order valence-electron chi connectivity index (χ0n) is 9.34. The van der Waals surface area contributed by atoms with Gasteiger partial charge in [-0.2, -0.15) is 0 Å². The first-order valence-corrected chi connectivity index (χ1v) is 5.29. The predicted molar refractivity (Wildman–Crippen MR) is 53.0 cm³/mol. The summed E-state index contributed by atoms with van der Waals surface area (Å²) in [6, 6.07) is 0. The Labute approximate surface area is 97.3 Å². The molecule has 92 valence electrons. The molecule has 0 aromatic heterocycles. The number of hydrogen-bond donors (Lipinski definition) is 0. The second kappa shape index (κ2) is 4.25. The molecule has 2 heterocycles. The Morgan fingerprint density at radius 2 is 1.12 bits per heavy atom. The van der Waals surface area contributed by atoms with E-state index in [-0.39, 0.29) is 25.7 Å². The van der Waals surface area contributed by atoms with E-state index in [1.54, 1.807) is 0 Å². The Hall–Kier alpha value is -1.76. The average Bonchev–Trinajstić information content (AvgIpc) is 2.78. The van der Waals surface area contributed by atoms with Crippen molar-refractivity contribution < 1.29 is 23.9 Å². The number of rotatable bonds is 3. The fourth-order valence-electron chi connectivity index (χ4n) is 2.01. The standard InChI is InChI=1S/C10H12N2O5/c1-17-10(11-6(13)2-3-7(11)14)12-8(15)4-5-9(12)16/h10H,2-5H2,1H3. The molecule has 17 heavy (non-hydrogen) atoms. The molecule has 2 aliphatic heterocycles. The van der Waals surface area contributed by atoms with Gasteiger partial charge in [0.2, 0.25) is 30.0 Å². The lowest BCUT2D eigenvalue weighted by atomic mass is 10.4.